The van der Waals surface area contributed by atoms with Crippen molar-refractivity contribution in [1.29, 1.82) is 0 Å². The van der Waals surface area contributed by atoms with Crippen LogP contribution in [0, 0.1) is 5.41 Å². The van der Waals surface area contributed by atoms with Crippen LogP contribution in [0.3, 0.4) is 0 Å². The van der Waals surface area contributed by atoms with Crippen LogP contribution in [0.2, 0.25) is 0 Å². The molecule has 2 fully saturated rings. The standard InChI is InChI=1S/C21H34N2O/c1-16(2)24-20-8-6-5-7-18(20)19-15-23(14-13-22-19)17-9-11-21(3,4)12-10-17/h5-8,16-17,19,22H,9-15H2,1-4H3/t19-/m0/s1. The summed E-state index contributed by atoms with van der Waals surface area (Å²) >= 11 is 0. The highest BCUT2D eigenvalue weighted by Gasteiger charge is 2.33. The molecule has 1 heterocycles. The molecule has 0 radical (unpaired) electrons. The second kappa shape index (κ2) is 7.45. The smallest absolute Gasteiger partial charge is 0.124 e. The van der Waals surface area contributed by atoms with E-state index in [0.29, 0.717) is 11.5 Å². The summed E-state index contributed by atoms with van der Waals surface area (Å²) in [5.74, 6) is 1.04. The van der Waals surface area contributed by atoms with Gasteiger partial charge in [0.25, 0.3) is 0 Å². The molecular formula is C21H34N2O. The van der Waals surface area contributed by atoms with E-state index in [0.717, 1.165) is 24.9 Å². The number of ether oxygens (including phenoxy) is 1. The number of benzene rings is 1. The molecule has 1 saturated carbocycles. The van der Waals surface area contributed by atoms with Gasteiger partial charge in [-0.2, -0.15) is 0 Å². The molecule has 1 aliphatic carbocycles. The Kier molecular flexibility index (Phi) is 5.51. The molecule has 3 heteroatoms. The Labute approximate surface area is 147 Å². The fourth-order valence-corrected chi connectivity index (χ4v) is 4.19. The summed E-state index contributed by atoms with van der Waals surface area (Å²) in [4.78, 5) is 2.72. The molecule has 24 heavy (non-hydrogen) atoms. The van der Waals surface area contributed by atoms with Crippen molar-refractivity contribution >= 4 is 0 Å². The van der Waals surface area contributed by atoms with Crippen LogP contribution >= 0.6 is 0 Å². The zero-order chi connectivity index (χ0) is 17.2. The Balaban J connectivity index is 1.68. The van der Waals surface area contributed by atoms with Gasteiger partial charge in [0, 0.05) is 37.3 Å². The van der Waals surface area contributed by atoms with Crippen LogP contribution in [-0.4, -0.2) is 36.7 Å². The van der Waals surface area contributed by atoms with Crippen molar-refractivity contribution < 1.29 is 4.74 Å². The lowest BCUT2D eigenvalue weighted by atomic mass is 9.75. The Bertz CT molecular complexity index is 530. The molecule has 0 unspecified atom stereocenters. The van der Waals surface area contributed by atoms with E-state index in [1.165, 1.54) is 37.8 Å². The molecule has 1 N–H and O–H groups in total. The number of para-hydroxylation sites is 1. The first-order valence-corrected chi connectivity index (χ1v) is 9.68. The number of rotatable bonds is 4. The predicted molar refractivity (Wildman–Crippen MR) is 101 cm³/mol. The number of nitrogens with one attached hydrogen (secondary N) is 1. The second-order valence-electron chi connectivity index (χ2n) is 8.60. The van der Waals surface area contributed by atoms with Crippen LogP contribution in [-0.2, 0) is 0 Å². The number of nitrogens with zero attached hydrogens (tertiary/aromatic N) is 1. The highest BCUT2D eigenvalue weighted by Crippen LogP contribution is 2.38. The van der Waals surface area contributed by atoms with Gasteiger partial charge in [-0.05, 0) is 51.0 Å². The van der Waals surface area contributed by atoms with Gasteiger partial charge in [0.1, 0.15) is 5.75 Å². The third-order valence-electron chi connectivity index (χ3n) is 5.69. The first-order valence-electron chi connectivity index (χ1n) is 9.68. The van der Waals surface area contributed by atoms with Crippen LogP contribution in [0.1, 0.15) is 65.0 Å². The number of piperazine rings is 1. The van der Waals surface area contributed by atoms with E-state index < -0.39 is 0 Å². The fraction of sp³-hybridized carbons (Fsp3) is 0.714. The van der Waals surface area contributed by atoms with Gasteiger partial charge in [-0.15, -0.1) is 0 Å². The largest absolute Gasteiger partial charge is 0.491 e. The minimum absolute atomic E-state index is 0.214. The van der Waals surface area contributed by atoms with Crippen molar-refractivity contribution in [3.05, 3.63) is 29.8 Å². The molecule has 1 atom stereocenters. The maximum absolute atomic E-state index is 6.05. The van der Waals surface area contributed by atoms with Crippen LogP contribution in [0.4, 0.5) is 0 Å². The van der Waals surface area contributed by atoms with Crippen molar-refractivity contribution in [3.63, 3.8) is 0 Å². The summed E-state index contributed by atoms with van der Waals surface area (Å²) in [6.45, 7) is 12.4. The normalized spacial score (nSPS) is 25.8. The molecule has 1 aromatic carbocycles. The first kappa shape index (κ1) is 17.8. The average molecular weight is 331 g/mol. The lowest BCUT2D eigenvalue weighted by molar-refractivity contribution is 0.0805. The summed E-state index contributed by atoms with van der Waals surface area (Å²) in [7, 11) is 0. The molecule has 0 amide bonds. The van der Waals surface area contributed by atoms with Gasteiger partial charge < -0.3 is 10.1 Å². The minimum atomic E-state index is 0.214. The molecule has 0 spiro atoms. The Hall–Kier alpha value is -1.06. The van der Waals surface area contributed by atoms with Crippen molar-refractivity contribution in [2.75, 3.05) is 19.6 Å². The van der Waals surface area contributed by atoms with E-state index in [-0.39, 0.29) is 6.10 Å². The van der Waals surface area contributed by atoms with Crippen LogP contribution < -0.4 is 10.1 Å². The maximum atomic E-state index is 6.05. The third-order valence-corrected chi connectivity index (χ3v) is 5.69. The summed E-state index contributed by atoms with van der Waals surface area (Å²) in [6, 6.07) is 9.68. The third kappa shape index (κ3) is 4.31. The highest BCUT2D eigenvalue weighted by atomic mass is 16.5. The molecule has 1 aliphatic heterocycles. The van der Waals surface area contributed by atoms with E-state index in [2.05, 4.69) is 62.2 Å². The fourth-order valence-electron chi connectivity index (χ4n) is 4.19. The molecule has 134 valence electrons. The lowest BCUT2D eigenvalue weighted by Gasteiger charge is -2.44. The van der Waals surface area contributed by atoms with Crippen LogP contribution in [0.25, 0.3) is 0 Å². The minimum Gasteiger partial charge on any atom is -0.491 e. The van der Waals surface area contributed by atoms with Gasteiger partial charge in [-0.1, -0.05) is 32.0 Å². The summed E-state index contributed by atoms with van der Waals surface area (Å²) in [5, 5.41) is 3.71. The number of hydrogen-bond acceptors (Lipinski definition) is 3. The molecule has 3 nitrogen and oxygen atoms in total. The van der Waals surface area contributed by atoms with Gasteiger partial charge in [0.05, 0.1) is 6.10 Å². The van der Waals surface area contributed by atoms with E-state index >= 15 is 0 Å². The number of hydrogen-bond donors (Lipinski definition) is 1. The van der Waals surface area contributed by atoms with Crippen molar-refractivity contribution in [1.82, 2.24) is 10.2 Å². The zero-order valence-electron chi connectivity index (χ0n) is 15.8. The van der Waals surface area contributed by atoms with Crippen molar-refractivity contribution in [2.45, 2.75) is 71.6 Å². The Morgan fingerprint density at radius 1 is 1.17 bits per heavy atom. The quantitative estimate of drug-likeness (QED) is 0.886. The summed E-state index contributed by atoms with van der Waals surface area (Å²) in [6.07, 6.45) is 5.64. The van der Waals surface area contributed by atoms with Gasteiger partial charge in [0.2, 0.25) is 0 Å². The molecule has 0 aromatic heterocycles. The Morgan fingerprint density at radius 2 is 1.88 bits per heavy atom. The average Bonchev–Trinajstić information content (AvgIpc) is 2.55. The SMILES string of the molecule is CC(C)Oc1ccccc1[C@@H]1CN(C2CCC(C)(C)CC2)CCN1. The molecule has 0 bridgehead atoms. The van der Waals surface area contributed by atoms with E-state index in [1.807, 2.05) is 0 Å². The lowest BCUT2D eigenvalue weighted by Crippen LogP contribution is -2.51. The van der Waals surface area contributed by atoms with Gasteiger partial charge >= 0.3 is 0 Å². The second-order valence-corrected chi connectivity index (χ2v) is 8.60. The zero-order valence-corrected chi connectivity index (χ0v) is 15.8. The molecular weight excluding hydrogens is 296 g/mol. The summed E-state index contributed by atoms with van der Waals surface area (Å²) < 4.78 is 6.05. The molecule has 3 rings (SSSR count). The van der Waals surface area contributed by atoms with Crippen molar-refractivity contribution in [3.8, 4) is 5.75 Å². The first-order chi connectivity index (χ1) is 11.4. The van der Waals surface area contributed by atoms with Gasteiger partial charge in [0.15, 0.2) is 0 Å². The van der Waals surface area contributed by atoms with Crippen molar-refractivity contribution in [2.24, 2.45) is 5.41 Å². The summed E-state index contributed by atoms with van der Waals surface area (Å²) in [5.41, 5.74) is 1.86. The predicted octanol–water partition coefficient (Wildman–Crippen LogP) is 4.39. The topological polar surface area (TPSA) is 24.5 Å². The van der Waals surface area contributed by atoms with Crippen LogP contribution in [0.15, 0.2) is 24.3 Å². The van der Waals surface area contributed by atoms with Gasteiger partial charge in [-0.3, -0.25) is 4.90 Å². The molecule has 2 aliphatic rings. The maximum Gasteiger partial charge on any atom is 0.124 e. The monoisotopic (exact) mass is 330 g/mol. The van der Waals surface area contributed by atoms with E-state index in [4.69, 9.17) is 4.74 Å². The van der Waals surface area contributed by atoms with E-state index in [9.17, 15) is 0 Å². The van der Waals surface area contributed by atoms with Crippen LogP contribution in [0.5, 0.6) is 5.75 Å². The van der Waals surface area contributed by atoms with E-state index in [1.54, 1.807) is 0 Å². The molecule has 1 saturated heterocycles. The Morgan fingerprint density at radius 3 is 2.58 bits per heavy atom. The highest BCUT2D eigenvalue weighted by molar-refractivity contribution is 5.36. The van der Waals surface area contributed by atoms with Gasteiger partial charge in [-0.25, -0.2) is 0 Å². The molecule has 1 aromatic rings.